The molecule has 1 amide bonds. The highest BCUT2D eigenvalue weighted by Crippen LogP contribution is 2.36. The Labute approximate surface area is 109 Å². The fourth-order valence-electron chi connectivity index (χ4n) is 2.25. The highest BCUT2D eigenvalue weighted by atomic mass is 16.2. The summed E-state index contributed by atoms with van der Waals surface area (Å²) in [5, 5.41) is 0. The lowest BCUT2D eigenvalue weighted by molar-refractivity contribution is -0.129. The zero-order valence-corrected chi connectivity index (χ0v) is 11.4. The highest BCUT2D eigenvalue weighted by molar-refractivity contribution is 5.82. The highest BCUT2D eigenvalue weighted by Gasteiger charge is 2.37. The van der Waals surface area contributed by atoms with E-state index in [2.05, 4.69) is 12.1 Å². The number of rotatable bonds is 4. The summed E-state index contributed by atoms with van der Waals surface area (Å²) >= 11 is 0. The van der Waals surface area contributed by atoms with Crippen molar-refractivity contribution in [2.45, 2.75) is 37.6 Å². The number of benzene rings is 1. The van der Waals surface area contributed by atoms with Gasteiger partial charge in [0.25, 0.3) is 0 Å². The van der Waals surface area contributed by atoms with E-state index >= 15 is 0 Å². The Morgan fingerprint density at radius 1 is 1.44 bits per heavy atom. The Balaban J connectivity index is 2.13. The molecule has 1 aliphatic carbocycles. The molecule has 2 rings (SSSR count). The first kappa shape index (κ1) is 13.1. The van der Waals surface area contributed by atoms with Crippen LogP contribution >= 0.6 is 0 Å². The molecule has 0 bridgehead atoms. The van der Waals surface area contributed by atoms with Crippen LogP contribution < -0.4 is 5.73 Å². The molecule has 1 fully saturated rings. The quantitative estimate of drug-likeness (QED) is 0.882. The average Bonchev–Trinajstić information content (AvgIpc) is 3.05. The van der Waals surface area contributed by atoms with Crippen molar-refractivity contribution in [2.24, 2.45) is 5.73 Å². The maximum absolute atomic E-state index is 12.0. The van der Waals surface area contributed by atoms with Gasteiger partial charge in [-0.15, -0.1) is 0 Å². The van der Waals surface area contributed by atoms with Crippen molar-refractivity contribution in [1.82, 2.24) is 4.90 Å². The maximum atomic E-state index is 12.0. The van der Waals surface area contributed by atoms with Crippen LogP contribution in [0.25, 0.3) is 0 Å². The van der Waals surface area contributed by atoms with E-state index in [-0.39, 0.29) is 17.4 Å². The third-order valence-corrected chi connectivity index (χ3v) is 3.71. The number of amides is 1. The van der Waals surface area contributed by atoms with E-state index in [4.69, 9.17) is 5.73 Å². The van der Waals surface area contributed by atoms with Crippen LogP contribution in [0.3, 0.4) is 0 Å². The minimum atomic E-state index is -0.0899. The van der Waals surface area contributed by atoms with Gasteiger partial charge >= 0.3 is 0 Å². The summed E-state index contributed by atoms with van der Waals surface area (Å²) in [5.41, 5.74) is 8.48. The molecule has 3 nitrogen and oxygen atoms in total. The molecular weight excluding hydrogens is 224 g/mol. The van der Waals surface area contributed by atoms with Gasteiger partial charge < -0.3 is 10.6 Å². The lowest BCUT2D eigenvalue weighted by Gasteiger charge is -2.18. The summed E-state index contributed by atoms with van der Waals surface area (Å²) in [6, 6.07) is 8.27. The third kappa shape index (κ3) is 2.91. The van der Waals surface area contributed by atoms with Crippen LogP contribution in [0.5, 0.6) is 0 Å². The van der Waals surface area contributed by atoms with E-state index in [1.807, 2.05) is 19.1 Å². The van der Waals surface area contributed by atoms with E-state index in [0.29, 0.717) is 0 Å². The number of nitrogens with two attached hydrogens (primary N) is 1. The Hall–Kier alpha value is -1.35. The minimum Gasteiger partial charge on any atom is -0.348 e. The van der Waals surface area contributed by atoms with Crippen LogP contribution in [0.15, 0.2) is 24.3 Å². The Bertz CT molecular complexity index is 450. The van der Waals surface area contributed by atoms with Gasteiger partial charge in [0, 0.05) is 19.6 Å². The molecule has 1 aromatic carbocycles. The predicted octanol–water partition coefficient (Wildman–Crippen LogP) is 1.91. The van der Waals surface area contributed by atoms with Gasteiger partial charge in [0.2, 0.25) is 5.91 Å². The summed E-state index contributed by atoms with van der Waals surface area (Å²) < 4.78 is 0. The number of hydrogen-bond donors (Lipinski definition) is 1. The standard InChI is InChI=1S/C15H22N2O/c1-11(14(18)17(2)3)13-6-4-5-12(9-13)10-15(16)7-8-15/h4-6,9,11H,7-8,10,16H2,1-3H3. The molecule has 0 spiro atoms. The first-order valence-corrected chi connectivity index (χ1v) is 6.50. The summed E-state index contributed by atoms with van der Waals surface area (Å²) in [6.45, 7) is 1.96. The van der Waals surface area contributed by atoms with E-state index in [0.717, 1.165) is 24.8 Å². The molecule has 0 heterocycles. The Kier molecular flexibility index (Phi) is 3.44. The summed E-state index contributed by atoms with van der Waals surface area (Å²) in [6.07, 6.45) is 3.15. The number of hydrogen-bond acceptors (Lipinski definition) is 2. The summed E-state index contributed by atoms with van der Waals surface area (Å²) in [4.78, 5) is 13.6. The smallest absolute Gasteiger partial charge is 0.229 e. The van der Waals surface area contributed by atoms with Gasteiger partial charge in [0.05, 0.1) is 5.92 Å². The largest absolute Gasteiger partial charge is 0.348 e. The third-order valence-electron chi connectivity index (χ3n) is 3.71. The summed E-state index contributed by atoms with van der Waals surface area (Å²) in [7, 11) is 3.59. The molecule has 0 aliphatic heterocycles. The number of likely N-dealkylation sites (N-methyl/N-ethyl adjacent to an activating group) is 1. The first-order valence-electron chi connectivity index (χ1n) is 6.50. The molecule has 0 saturated heterocycles. The number of carbonyl (C=O) groups is 1. The zero-order chi connectivity index (χ0) is 13.3. The van der Waals surface area contributed by atoms with Crippen LogP contribution in [0.4, 0.5) is 0 Å². The van der Waals surface area contributed by atoms with Crippen molar-refractivity contribution in [1.29, 1.82) is 0 Å². The Morgan fingerprint density at radius 2 is 2.11 bits per heavy atom. The topological polar surface area (TPSA) is 46.3 Å². The molecule has 0 radical (unpaired) electrons. The fraction of sp³-hybridized carbons (Fsp3) is 0.533. The van der Waals surface area contributed by atoms with Crippen LogP contribution in [-0.2, 0) is 11.2 Å². The molecule has 2 N–H and O–H groups in total. The zero-order valence-electron chi connectivity index (χ0n) is 11.4. The van der Waals surface area contributed by atoms with E-state index < -0.39 is 0 Å². The lowest BCUT2D eigenvalue weighted by Crippen LogP contribution is -2.27. The van der Waals surface area contributed by atoms with Gasteiger partial charge in [0.15, 0.2) is 0 Å². The summed E-state index contributed by atoms with van der Waals surface area (Å²) in [5.74, 6) is 0.0499. The predicted molar refractivity (Wildman–Crippen MR) is 73.4 cm³/mol. The molecule has 98 valence electrons. The molecule has 3 heteroatoms. The molecule has 18 heavy (non-hydrogen) atoms. The van der Waals surface area contributed by atoms with Crippen LogP contribution in [0.1, 0.15) is 36.8 Å². The van der Waals surface area contributed by atoms with E-state index in [1.54, 1.807) is 19.0 Å². The Morgan fingerprint density at radius 3 is 2.67 bits per heavy atom. The van der Waals surface area contributed by atoms with Crippen molar-refractivity contribution < 1.29 is 4.79 Å². The molecular formula is C15H22N2O. The van der Waals surface area contributed by atoms with Gasteiger partial charge in [-0.05, 0) is 37.3 Å². The SMILES string of the molecule is CC(C(=O)N(C)C)c1cccc(CC2(N)CC2)c1. The van der Waals surface area contributed by atoms with Crippen molar-refractivity contribution in [2.75, 3.05) is 14.1 Å². The first-order chi connectivity index (χ1) is 8.41. The molecule has 1 aliphatic rings. The van der Waals surface area contributed by atoms with Crippen LogP contribution in [0, 0.1) is 0 Å². The number of carbonyl (C=O) groups excluding carboxylic acids is 1. The van der Waals surface area contributed by atoms with Crippen molar-refractivity contribution >= 4 is 5.91 Å². The second kappa shape index (κ2) is 4.73. The molecule has 1 unspecified atom stereocenters. The van der Waals surface area contributed by atoms with Gasteiger partial charge in [-0.3, -0.25) is 4.79 Å². The van der Waals surface area contributed by atoms with Crippen LogP contribution in [-0.4, -0.2) is 30.4 Å². The molecule has 1 saturated carbocycles. The average molecular weight is 246 g/mol. The van der Waals surface area contributed by atoms with Crippen molar-refractivity contribution in [3.8, 4) is 0 Å². The maximum Gasteiger partial charge on any atom is 0.229 e. The molecule has 0 aromatic heterocycles. The normalized spacial score (nSPS) is 18.2. The molecule has 1 atom stereocenters. The second-order valence-electron chi connectivity index (χ2n) is 5.74. The molecule has 1 aromatic rings. The van der Waals surface area contributed by atoms with Gasteiger partial charge in [-0.1, -0.05) is 24.3 Å². The van der Waals surface area contributed by atoms with Crippen molar-refractivity contribution in [3.63, 3.8) is 0 Å². The number of nitrogens with zero attached hydrogens (tertiary/aromatic N) is 1. The van der Waals surface area contributed by atoms with Gasteiger partial charge in [-0.25, -0.2) is 0 Å². The van der Waals surface area contributed by atoms with E-state index in [9.17, 15) is 4.79 Å². The van der Waals surface area contributed by atoms with Crippen molar-refractivity contribution in [3.05, 3.63) is 35.4 Å². The second-order valence-corrected chi connectivity index (χ2v) is 5.74. The minimum absolute atomic E-state index is 0.0212. The van der Waals surface area contributed by atoms with Gasteiger partial charge in [-0.2, -0.15) is 0 Å². The van der Waals surface area contributed by atoms with E-state index in [1.165, 1.54) is 5.56 Å². The lowest BCUT2D eigenvalue weighted by atomic mass is 9.95. The monoisotopic (exact) mass is 246 g/mol. The van der Waals surface area contributed by atoms with Crippen LogP contribution in [0.2, 0.25) is 0 Å². The fourth-order valence-corrected chi connectivity index (χ4v) is 2.25. The van der Waals surface area contributed by atoms with Gasteiger partial charge in [0.1, 0.15) is 0 Å².